The third-order valence-corrected chi connectivity index (χ3v) is 6.35. The van der Waals surface area contributed by atoms with Crippen molar-refractivity contribution in [1.82, 2.24) is 9.80 Å². The quantitative estimate of drug-likeness (QED) is 0.0734. The van der Waals surface area contributed by atoms with Gasteiger partial charge in [0.2, 0.25) is 0 Å². The summed E-state index contributed by atoms with van der Waals surface area (Å²) in [5.41, 5.74) is 0. The van der Waals surface area contributed by atoms with Crippen molar-refractivity contribution < 1.29 is 52.3 Å². The molecule has 0 spiro atoms. The van der Waals surface area contributed by atoms with Gasteiger partial charge in [-0.2, -0.15) is 0 Å². The number of hydrogen-bond donors (Lipinski definition) is 0. The summed E-state index contributed by atoms with van der Waals surface area (Å²) < 4.78 is 42.8. The first-order chi connectivity index (χ1) is 22.0. The van der Waals surface area contributed by atoms with Crippen molar-refractivity contribution in [1.29, 1.82) is 0 Å². The van der Waals surface area contributed by atoms with Crippen LogP contribution in [-0.2, 0) is 52.3 Å². The first-order valence-corrected chi connectivity index (χ1v) is 16.3. The third-order valence-electron chi connectivity index (χ3n) is 6.35. The highest BCUT2D eigenvalue weighted by molar-refractivity contribution is 6.12. The van der Waals surface area contributed by atoms with Crippen molar-refractivity contribution in [3.05, 3.63) is 12.2 Å². The van der Waals surface area contributed by atoms with Gasteiger partial charge in [-0.3, -0.25) is 14.5 Å². The lowest BCUT2D eigenvalue weighted by molar-refractivity contribution is -0.137. The van der Waals surface area contributed by atoms with Crippen molar-refractivity contribution in [3.63, 3.8) is 0 Å². The number of carbonyl (C=O) groups excluding carboxylic acids is 3. The fourth-order valence-corrected chi connectivity index (χ4v) is 3.72. The number of ether oxygens (including phenoxy) is 8. The van der Waals surface area contributed by atoms with Crippen molar-refractivity contribution in [2.24, 2.45) is 5.92 Å². The Bertz CT molecular complexity index is 691. The van der Waals surface area contributed by atoms with Crippen LogP contribution in [0.15, 0.2) is 12.2 Å². The summed E-state index contributed by atoms with van der Waals surface area (Å²) in [6, 6.07) is 0. The molecule has 0 radical (unpaired) electrons. The maximum Gasteiger partial charge on any atom is 0.253 e. The average molecular weight is 649 g/mol. The molecule has 0 saturated carbocycles. The third kappa shape index (κ3) is 28.2. The van der Waals surface area contributed by atoms with Crippen LogP contribution in [0.4, 0.5) is 0 Å². The lowest BCUT2D eigenvalue weighted by Gasteiger charge is -2.26. The zero-order valence-electron chi connectivity index (χ0n) is 28.3. The van der Waals surface area contributed by atoms with Gasteiger partial charge in [-0.1, -0.05) is 20.8 Å². The molecule has 0 bridgehead atoms. The van der Waals surface area contributed by atoms with E-state index in [1.54, 1.807) is 0 Å². The summed E-state index contributed by atoms with van der Waals surface area (Å²) in [6.45, 7) is 16.4. The second kappa shape index (κ2) is 33.6. The highest BCUT2D eigenvalue weighted by Gasteiger charge is 2.22. The molecular formula is C32H60N2O11. The molecule has 0 unspecified atom stereocenters. The topological polar surface area (TPSA) is 132 Å². The molecule has 2 amide bonds. The molecule has 45 heavy (non-hydrogen) atoms. The van der Waals surface area contributed by atoms with Gasteiger partial charge >= 0.3 is 0 Å². The fourth-order valence-electron chi connectivity index (χ4n) is 3.72. The number of rotatable bonds is 27. The summed E-state index contributed by atoms with van der Waals surface area (Å²) in [5.74, 6) is 0.365. The molecule has 1 fully saturated rings. The summed E-state index contributed by atoms with van der Waals surface area (Å²) in [5, 5.41) is 0. The molecule has 0 N–H and O–H groups in total. The van der Waals surface area contributed by atoms with Gasteiger partial charge in [0.15, 0.2) is 0 Å². The van der Waals surface area contributed by atoms with E-state index < -0.39 is 0 Å². The molecule has 0 aromatic heterocycles. The van der Waals surface area contributed by atoms with Crippen molar-refractivity contribution in [3.8, 4) is 0 Å². The molecule has 2 aliphatic heterocycles. The van der Waals surface area contributed by atoms with E-state index >= 15 is 0 Å². The molecule has 13 heteroatoms. The highest BCUT2D eigenvalue weighted by Crippen LogP contribution is 2.13. The number of piperidine rings is 1. The second-order valence-electron chi connectivity index (χ2n) is 10.0. The van der Waals surface area contributed by atoms with E-state index in [9.17, 15) is 14.4 Å². The van der Waals surface area contributed by atoms with Gasteiger partial charge in [0.25, 0.3) is 11.8 Å². The van der Waals surface area contributed by atoms with E-state index in [4.69, 9.17) is 37.9 Å². The zero-order valence-corrected chi connectivity index (χ0v) is 28.3. The lowest BCUT2D eigenvalue weighted by Crippen LogP contribution is -2.33. The molecule has 2 rings (SSSR count). The molecule has 0 atom stereocenters. The van der Waals surface area contributed by atoms with Crippen LogP contribution < -0.4 is 0 Å². The molecule has 2 aliphatic rings. The number of likely N-dealkylation sites (tertiary alicyclic amines) is 1. The number of aldehydes is 1. The smallest absolute Gasteiger partial charge is 0.253 e. The Hall–Kier alpha value is -1.81. The van der Waals surface area contributed by atoms with Crippen molar-refractivity contribution in [2.45, 2.75) is 40.0 Å². The monoisotopic (exact) mass is 648 g/mol. The molecule has 0 aromatic rings. The largest absolute Gasteiger partial charge is 0.379 e. The Morgan fingerprint density at radius 1 is 0.600 bits per heavy atom. The maximum absolute atomic E-state index is 11.4. The van der Waals surface area contributed by atoms with Crippen molar-refractivity contribution in [2.75, 3.05) is 132 Å². The van der Waals surface area contributed by atoms with Crippen LogP contribution in [0.3, 0.4) is 0 Å². The number of nitrogens with zero attached hydrogens (tertiary/aromatic N) is 2. The molecule has 264 valence electrons. The number of hydrogen-bond acceptors (Lipinski definition) is 12. The number of amides is 2. The van der Waals surface area contributed by atoms with Gasteiger partial charge < -0.3 is 47.6 Å². The van der Waals surface area contributed by atoms with Gasteiger partial charge in [-0.25, -0.2) is 0 Å². The minimum Gasteiger partial charge on any atom is -0.379 e. The van der Waals surface area contributed by atoms with Gasteiger partial charge in [-0.05, 0) is 38.9 Å². The average Bonchev–Trinajstić information content (AvgIpc) is 3.37. The molecule has 1 saturated heterocycles. The second-order valence-corrected chi connectivity index (χ2v) is 10.0. The van der Waals surface area contributed by atoms with Crippen LogP contribution in [0, 0.1) is 5.92 Å². The highest BCUT2D eigenvalue weighted by atomic mass is 16.6. The molecule has 0 aliphatic carbocycles. The van der Waals surface area contributed by atoms with Crippen LogP contribution in [0.1, 0.15) is 40.0 Å². The minimum atomic E-state index is -0.307. The van der Waals surface area contributed by atoms with Gasteiger partial charge in [0.05, 0.1) is 112 Å². The van der Waals surface area contributed by atoms with Crippen LogP contribution >= 0.6 is 0 Å². The SMILES string of the molecule is CC.CC1CCN(C)CC1.O=CCCOCCOCCOCCOCCOCCOCCOCCOCCN1C(=O)C=CC1=O. The summed E-state index contributed by atoms with van der Waals surface area (Å²) in [7, 11) is 2.20. The summed E-state index contributed by atoms with van der Waals surface area (Å²) in [4.78, 5) is 36.3. The standard InChI is InChI=1S/C23H39NO11.C7H15N.C2H6/c25-5-1-6-28-8-10-30-12-14-32-16-18-34-20-21-35-19-17-33-15-13-31-11-9-29-7-4-24-22(26)2-3-23(24)27;1-7-3-5-8(2)6-4-7;1-2/h2-3,5H,1,4,6-21H2;7H,3-6H2,1-2H3;1-2H3. The Balaban J connectivity index is 0.00000165. The van der Waals surface area contributed by atoms with Crippen LogP contribution in [0.5, 0.6) is 0 Å². The normalized spacial score (nSPS) is 15.2. The number of carbonyl (C=O) groups is 3. The Morgan fingerprint density at radius 2 is 0.911 bits per heavy atom. The first kappa shape index (κ1) is 43.2. The van der Waals surface area contributed by atoms with Crippen LogP contribution in [0.2, 0.25) is 0 Å². The van der Waals surface area contributed by atoms with Gasteiger partial charge in [0, 0.05) is 18.6 Å². The molecule has 2 heterocycles. The van der Waals surface area contributed by atoms with E-state index in [0.29, 0.717) is 106 Å². The fraction of sp³-hybridized carbons (Fsp3) is 0.844. The molecular weight excluding hydrogens is 588 g/mol. The molecule has 13 nitrogen and oxygen atoms in total. The van der Waals surface area contributed by atoms with Crippen LogP contribution in [-0.4, -0.2) is 160 Å². The minimum absolute atomic E-state index is 0.241. The van der Waals surface area contributed by atoms with Gasteiger partial charge in [0.1, 0.15) is 6.29 Å². The summed E-state index contributed by atoms with van der Waals surface area (Å²) in [6.07, 6.45) is 6.54. The molecule has 0 aromatic carbocycles. The van der Waals surface area contributed by atoms with Crippen molar-refractivity contribution >= 4 is 18.1 Å². The Morgan fingerprint density at radius 3 is 1.22 bits per heavy atom. The lowest BCUT2D eigenvalue weighted by atomic mass is 10.00. The van der Waals surface area contributed by atoms with E-state index in [1.807, 2.05) is 13.8 Å². The van der Waals surface area contributed by atoms with E-state index in [2.05, 4.69) is 18.9 Å². The zero-order chi connectivity index (χ0) is 33.2. The van der Waals surface area contributed by atoms with E-state index in [1.165, 1.54) is 38.1 Å². The van der Waals surface area contributed by atoms with E-state index in [-0.39, 0.29) is 25.0 Å². The summed E-state index contributed by atoms with van der Waals surface area (Å²) >= 11 is 0. The van der Waals surface area contributed by atoms with E-state index in [0.717, 1.165) is 17.1 Å². The Labute approximate surface area is 270 Å². The van der Waals surface area contributed by atoms with Crippen LogP contribution in [0.25, 0.3) is 0 Å². The predicted molar refractivity (Wildman–Crippen MR) is 170 cm³/mol. The maximum atomic E-state index is 11.4. The first-order valence-electron chi connectivity index (χ1n) is 16.3. The number of imide groups is 1. The van der Waals surface area contributed by atoms with Gasteiger partial charge in [-0.15, -0.1) is 0 Å². The predicted octanol–water partition coefficient (Wildman–Crippen LogP) is 2.01. The Kier molecular flexibility index (Phi) is 32.2.